The topological polar surface area (TPSA) is 187 Å². The van der Waals surface area contributed by atoms with Gasteiger partial charge in [-0.05, 0) is 5.56 Å². The number of hydrogen-bond acceptors (Lipinski definition) is 10. The predicted octanol–water partition coefficient (Wildman–Crippen LogP) is -1.29. The first kappa shape index (κ1) is 26.1. The van der Waals surface area contributed by atoms with Crippen LogP contribution in [0.25, 0.3) is 0 Å². The summed E-state index contributed by atoms with van der Waals surface area (Å²) in [4.78, 5) is 21.8. The van der Waals surface area contributed by atoms with Crippen molar-refractivity contribution >= 4 is 23.6 Å². The Bertz CT molecular complexity index is 977. The van der Waals surface area contributed by atoms with Crippen molar-refractivity contribution < 1.29 is 39.9 Å². The average Bonchev–Trinajstić information content (AvgIpc) is 3.25. The molecule has 1 saturated heterocycles. The van der Waals surface area contributed by atoms with Crippen molar-refractivity contribution in [2.24, 2.45) is 0 Å². The number of hydrogen-bond donors (Lipinski definition) is 6. The fourth-order valence-corrected chi connectivity index (χ4v) is 4.82. The van der Waals surface area contributed by atoms with Crippen molar-refractivity contribution in [3.05, 3.63) is 47.8 Å². The van der Waals surface area contributed by atoms with Crippen molar-refractivity contribution in [3.63, 3.8) is 0 Å². The second kappa shape index (κ2) is 11.3. The summed E-state index contributed by atoms with van der Waals surface area (Å²) in [5.41, 5.74) is 1.48. The maximum atomic E-state index is 12.2. The zero-order chi connectivity index (χ0) is 24.9. The van der Waals surface area contributed by atoms with Gasteiger partial charge in [0.15, 0.2) is 0 Å². The van der Waals surface area contributed by atoms with E-state index in [9.17, 15) is 35.1 Å². The van der Waals surface area contributed by atoms with E-state index in [0.717, 1.165) is 17.3 Å². The second-order valence-corrected chi connectivity index (χ2v) is 9.30. The molecule has 2 heterocycles. The van der Waals surface area contributed by atoms with Crippen LogP contribution in [0.15, 0.2) is 36.5 Å². The first-order chi connectivity index (χ1) is 16.1. The highest BCUT2D eigenvalue weighted by molar-refractivity contribution is 8.00. The van der Waals surface area contributed by atoms with Gasteiger partial charge in [0.1, 0.15) is 18.3 Å². The molecule has 6 atom stereocenters. The van der Waals surface area contributed by atoms with E-state index in [0.29, 0.717) is 12.2 Å². The molecule has 34 heavy (non-hydrogen) atoms. The van der Waals surface area contributed by atoms with E-state index in [-0.39, 0.29) is 5.75 Å². The highest BCUT2D eigenvalue weighted by atomic mass is 32.2. The van der Waals surface area contributed by atoms with Crippen LogP contribution < -0.4 is 5.32 Å². The maximum absolute atomic E-state index is 12.2. The number of thioether (sulfide) groups is 1. The van der Waals surface area contributed by atoms with Gasteiger partial charge in [0, 0.05) is 25.3 Å². The van der Waals surface area contributed by atoms with Gasteiger partial charge < -0.3 is 35.6 Å². The van der Waals surface area contributed by atoms with Crippen LogP contribution >= 0.6 is 11.8 Å². The summed E-state index contributed by atoms with van der Waals surface area (Å²) < 4.78 is 7.34. The molecular formula is C21H28N4O8S. The summed E-state index contributed by atoms with van der Waals surface area (Å²) in [6.07, 6.45) is -5.12. The smallest absolute Gasteiger partial charge is 0.346 e. The molecule has 0 radical (unpaired) electrons. The number of nitrogens with one attached hydrogen (secondary N) is 1. The van der Waals surface area contributed by atoms with E-state index in [1.807, 2.05) is 30.3 Å². The highest BCUT2D eigenvalue weighted by Gasteiger charge is 2.55. The molecule has 0 bridgehead atoms. The Morgan fingerprint density at radius 2 is 2.03 bits per heavy atom. The van der Waals surface area contributed by atoms with E-state index in [2.05, 4.69) is 15.6 Å². The van der Waals surface area contributed by atoms with Crippen molar-refractivity contribution in [2.45, 2.75) is 61.0 Å². The summed E-state index contributed by atoms with van der Waals surface area (Å²) in [5, 5.41) is 60.8. The lowest BCUT2D eigenvalue weighted by Gasteiger charge is -2.46. The van der Waals surface area contributed by atoms with Crippen molar-refractivity contribution in [1.29, 1.82) is 0 Å². The molecule has 13 heteroatoms. The van der Waals surface area contributed by atoms with Crippen LogP contribution in [-0.2, 0) is 26.6 Å². The molecule has 0 spiro atoms. The van der Waals surface area contributed by atoms with E-state index >= 15 is 0 Å². The number of ether oxygens (including phenoxy) is 1. The molecule has 2 aromatic rings. The van der Waals surface area contributed by atoms with Gasteiger partial charge in [-0.1, -0.05) is 35.5 Å². The number of rotatable bonds is 10. The van der Waals surface area contributed by atoms with Gasteiger partial charge in [0.2, 0.25) is 10.8 Å². The first-order valence-electron chi connectivity index (χ1n) is 10.6. The number of aliphatic hydroxyl groups excluding tert-OH is 4. The van der Waals surface area contributed by atoms with Crippen LogP contribution in [0.1, 0.15) is 24.6 Å². The second-order valence-electron chi connectivity index (χ2n) is 8.06. The Morgan fingerprint density at radius 1 is 1.32 bits per heavy atom. The van der Waals surface area contributed by atoms with Gasteiger partial charge in [0.25, 0.3) is 0 Å². The quantitative estimate of drug-likeness (QED) is 0.230. The van der Waals surface area contributed by atoms with Gasteiger partial charge in [-0.25, -0.2) is 9.48 Å². The normalized spacial score (nSPS) is 26.6. The third kappa shape index (κ3) is 6.11. The van der Waals surface area contributed by atoms with Crippen LogP contribution in [0, 0.1) is 0 Å². The number of carbonyl (C=O) groups excluding carboxylic acids is 1. The van der Waals surface area contributed by atoms with Crippen LogP contribution in [0.5, 0.6) is 0 Å². The fourth-order valence-electron chi connectivity index (χ4n) is 3.72. The predicted molar refractivity (Wildman–Crippen MR) is 119 cm³/mol. The SMILES string of the molecule is CC(=O)N[C@H]1[C@H]([C@H](O)[C@H](O)CO)O[C@@](SCc2cn(Cc3ccccc3)nn2)(C(=O)O)C[C@@H]1O. The Hall–Kier alpha value is -2.55. The van der Waals surface area contributed by atoms with Gasteiger partial charge in [-0.3, -0.25) is 4.79 Å². The maximum Gasteiger partial charge on any atom is 0.346 e. The fraction of sp³-hybridized carbons (Fsp3) is 0.524. The third-order valence-electron chi connectivity index (χ3n) is 5.41. The average molecular weight is 497 g/mol. The number of carboxylic acids is 1. The van der Waals surface area contributed by atoms with Crippen LogP contribution in [0.3, 0.4) is 0 Å². The monoisotopic (exact) mass is 496 g/mol. The van der Waals surface area contributed by atoms with E-state index < -0.39 is 60.3 Å². The molecule has 1 aliphatic rings. The van der Waals surface area contributed by atoms with Gasteiger partial charge in [-0.2, -0.15) is 0 Å². The Kier molecular flexibility index (Phi) is 8.62. The zero-order valence-electron chi connectivity index (χ0n) is 18.4. The number of carboxylic acid groups (broad SMARTS) is 1. The largest absolute Gasteiger partial charge is 0.478 e. The van der Waals surface area contributed by atoms with E-state index in [4.69, 9.17) is 4.74 Å². The minimum absolute atomic E-state index is 0.0595. The van der Waals surface area contributed by atoms with Crippen LogP contribution in [0.2, 0.25) is 0 Å². The number of aliphatic carboxylic acids is 1. The number of amides is 1. The number of benzene rings is 1. The molecule has 0 saturated carbocycles. The number of carbonyl (C=O) groups is 2. The minimum Gasteiger partial charge on any atom is -0.478 e. The van der Waals surface area contributed by atoms with Gasteiger partial charge in [-0.15, -0.1) is 16.9 Å². The lowest BCUT2D eigenvalue weighted by molar-refractivity contribution is -0.205. The minimum atomic E-state index is -2.02. The molecule has 3 rings (SSSR count). The lowest BCUT2D eigenvalue weighted by Crippen LogP contribution is -2.66. The molecule has 12 nitrogen and oxygen atoms in total. The summed E-state index contributed by atoms with van der Waals surface area (Å²) in [7, 11) is 0. The number of aliphatic hydroxyl groups is 4. The standard InChI is InChI=1S/C21H28N4O8S/c1-12(27)22-17-15(28)7-21(20(31)32,33-19(17)18(30)16(29)10-26)34-11-14-9-25(24-23-14)8-13-5-3-2-4-6-13/h2-6,9,15-19,26,28-30H,7-8,10-11H2,1H3,(H,22,27)(H,31,32)/t15-,16+,17+,18+,19+,21-/m0/s1. The first-order valence-corrected chi connectivity index (χ1v) is 11.5. The zero-order valence-corrected chi connectivity index (χ0v) is 19.2. The highest BCUT2D eigenvalue weighted by Crippen LogP contribution is 2.41. The summed E-state index contributed by atoms with van der Waals surface area (Å²) >= 11 is 0.825. The van der Waals surface area contributed by atoms with E-state index in [1.165, 1.54) is 6.92 Å². The van der Waals surface area contributed by atoms with Crippen molar-refractivity contribution in [1.82, 2.24) is 20.3 Å². The molecule has 0 unspecified atom stereocenters. The molecule has 0 aliphatic carbocycles. The van der Waals surface area contributed by atoms with Crippen molar-refractivity contribution in [2.75, 3.05) is 6.61 Å². The molecule has 1 fully saturated rings. The van der Waals surface area contributed by atoms with Crippen LogP contribution in [-0.4, -0.2) is 94.4 Å². The Balaban J connectivity index is 1.77. The van der Waals surface area contributed by atoms with Crippen LogP contribution in [0.4, 0.5) is 0 Å². The molecule has 1 amide bonds. The van der Waals surface area contributed by atoms with E-state index in [1.54, 1.807) is 10.9 Å². The Morgan fingerprint density at radius 3 is 2.65 bits per heavy atom. The Labute approximate surface area is 199 Å². The third-order valence-corrected chi connectivity index (χ3v) is 6.76. The van der Waals surface area contributed by atoms with Crippen molar-refractivity contribution in [3.8, 4) is 0 Å². The molecular weight excluding hydrogens is 468 g/mol. The van der Waals surface area contributed by atoms with Gasteiger partial charge >= 0.3 is 5.97 Å². The molecule has 1 aromatic carbocycles. The molecule has 186 valence electrons. The summed E-state index contributed by atoms with van der Waals surface area (Å²) in [5.74, 6) is -1.90. The summed E-state index contributed by atoms with van der Waals surface area (Å²) in [6, 6.07) is 8.37. The van der Waals surface area contributed by atoms with Gasteiger partial charge in [0.05, 0.1) is 31.0 Å². The number of nitrogens with zero attached hydrogens (tertiary/aromatic N) is 3. The molecule has 1 aromatic heterocycles. The molecule has 6 N–H and O–H groups in total. The number of aromatic nitrogens is 3. The lowest BCUT2D eigenvalue weighted by atomic mass is 9.90. The molecule has 1 aliphatic heterocycles. The summed E-state index contributed by atoms with van der Waals surface area (Å²) in [6.45, 7) is 0.830.